The Bertz CT molecular complexity index is 787. The number of para-hydroxylation sites is 1. The zero-order valence-electron chi connectivity index (χ0n) is 16.4. The van der Waals surface area contributed by atoms with Gasteiger partial charge in [-0.15, -0.1) is 0 Å². The van der Waals surface area contributed by atoms with Gasteiger partial charge in [-0.2, -0.15) is 0 Å². The van der Waals surface area contributed by atoms with Crippen molar-refractivity contribution in [1.82, 2.24) is 9.80 Å². The molecule has 0 aromatic heterocycles. The molecule has 0 radical (unpaired) electrons. The summed E-state index contributed by atoms with van der Waals surface area (Å²) in [5, 5.41) is 0. The normalized spacial score (nSPS) is 20.8. The van der Waals surface area contributed by atoms with Crippen LogP contribution in [0, 0.1) is 0 Å². The first-order valence-corrected chi connectivity index (χ1v) is 10.2. The zero-order valence-corrected chi connectivity index (χ0v) is 16.4. The van der Waals surface area contributed by atoms with Crippen LogP contribution in [0.3, 0.4) is 0 Å². The summed E-state index contributed by atoms with van der Waals surface area (Å²) >= 11 is 0. The quantitative estimate of drug-likeness (QED) is 0.799. The van der Waals surface area contributed by atoms with Gasteiger partial charge in [-0.25, -0.2) is 4.79 Å². The topological polar surface area (TPSA) is 42.0 Å². The van der Waals surface area contributed by atoms with E-state index >= 15 is 0 Å². The highest BCUT2D eigenvalue weighted by atomic mass is 16.6. The molecule has 0 saturated carbocycles. The van der Waals surface area contributed by atoms with Crippen LogP contribution in [0.1, 0.15) is 37.0 Å². The zero-order chi connectivity index (χ0) is 19.3. The molecule has 5 nitrogen and oxygen atoms in total. The lowest BCUT2D eigenvalue weighted by Gasteiger charge is -2.38. The first-order valence-electron chi connectivity index (χ1n) is 10.2. The SMILES string of the molecule is CCOC(=O)N1CCC(N2Cc3ccccc3OC(c3ccccc3)C2)CC1. The van der Waals surface area contributed by atoms with Crippen molar-refractivity contribution in [3.05, 3.63) is 65.7 Å². The molecule has 2 aromatic rings. The molecule has 2 aliphatic rings. The minimum Gasteiger partial charge on any atom is -0.484 e. The van der Waals surface area contributed by atoms with Crippen molar-refractivity contribution in [2.45, 2.75) is 38.5 Å². The summed E-state index contributed by atoms with van der Waals surface area (Å²) in [7, 11) is 0. The Kier molecular flexibility index (Phi) is 5.81. The van der Waals surface area contributed by atoms with Gasteiger partial charge in [0, 0.05) is 37.8 Å². The van der Waals surface area contributed by atoms with Crippen LogP contribution >= 0.6 is 0 Å². The Hall–Kier alpha value is -2.53. The van der Waals surface area contributed by atoms with Crippen LogP contribution in [-0.2, 0) is 11.3 Å². The van der Waals surface area contributed by atoms with Gasteiger partial charge in [-0.05, 0) is 31.4 Å². The summed E-state index contributed by atoms with van der Waals surface area (Å²) in [6.07, 6.45) is 1.74. The van der Waals surface area contributed by atoms with E-state index in [1.165, 1.54) is 11.1 Å². The lowest BCUT2D eigenvalue weighted by Crippen LogP contribution is -2.47. The second kappa shape index (κ2) is 8.65. The molecular formula is C23H28N2O3. The molecule has 0 bridgehead atoms. The monoisotopic (exact) mass is 380 g/mol. The number of hydrogen-bond donors (Lipinski definition) is 0. The number of hydrogen-bond acceptors (Lipinski definition) is 4. The molecule has 1 saturated heterocycles. The fraction of sp³-hybridized carbons (Fsp3) is 0.435. The molecule has 1 fully saturated rings. The molecule has 28 heavy (non-hydrogen) atoms. The molecule has 0 N–H and O–H groups in total. The molecule has 0 aliphatic carbocycles. The van der Waals surface area contributed by atoms with E-state index in [9.17, 15) is 4.79 Å². The van der Waals surface area contributed by atoms with Crippen LogP contribution in [0.15, 0.2) is 54.6 Å². The van der Waals surface area contributed by atoms with Gasteiger partial charge < -0.3 is 14.4 Å². The van der Waals surface area contributed by atoms with E-state index in [4.69, 9.17) is 9.47 Å². The summed E-state index contributed by atoms with van der Waals surface area (Å²) < 4.78 is 11.6. The van der Waals surface area contributed by atoms with E-state index < -0.39 is 0 Å². The van der Waals surface area contributed by atoms with Crippen LogP contribution in [0.25, 0.3) is 0 Å². The van der Waals surface area contributed by atoms with E-state index in [2.05, 4.69) is 47.4 Å². The van der Waals surface area contributed by atoms with Gasteiger partial charge in [0.1, 0.15) is 11.9 Å². The molecule has 5 heteroatoms. The first kappa shape index (κ1) is 18.8. The number of piperidine rings is 1. The fourth-order valence-corrected chi connectivity index (χ4v) is 4.18. The van der Waals surface area contributed by atoms with Crippen molar-refractivity contribution in [3.8, 4) is 5.75 Å². The molecule has 2 aromatic carbocycles. The second-order valence-corrected chi connectivity index (χ2v) is 7.47. The molecule has 2 heterocycles. The van der Waals surface area contributed by atoms with Crippen LogP contribution in [0.4, 0.5) is 4.79 Å². The summed E-state index contributed by atoms with van der Waals surface area (Å²) in [4.78, 5) is 16.4. The third-order valence-corrected chi connectivity index (χ3v) is 5.69. The Morgan fingerprint density at radius 2 is 1.79 bits per heavy atom. The largest absolute Gasteiger partial charge is 0.484 e. The Labute approximate surface area is 166 Å². The van der Waals surface area contributed by atoms with E-state index in [0.29, 0.717) is 12.6 Å². The maximum Gasteiger partial charge on any atom is 0.409 e. The lowest BCUT2D eigenvalue weighted by atomic mass is 10.0. The average Bonchev–Trinajstić information content (AvgIpc) is 2.94. The Morgan fingerprint density at radius 1 is 1.07 bits per heavy atom. The number of ether oxygens (including phenoxy) is 2. The van der Waals surface area contributed by atoms with Crippen molar-refractivity contribution in [2.75, 3.05) is 26.2 Å². The number of benzene rings is 2. The minimum atomic E-state index is -0.187. The van der Waals surface area contributed by atoms with Gasteiger partial charge in [0.05, 0.1) is 6.61 Å². The molecule has 1 amide bonds. The number of carbonyl (C=O) groups excluding carboxylic acids is 1. The predicted molar refractivity (Wildman–Crippen MR) is 108 cm³/mol. The first-order chi connectivity index (χ1) is 13.7. The highest BCUT2D eigenvalue weighted by Gasteiger charge is 2.32. The smallest absolute Gasteiger partial charge is 0.409 e. The van der Waals surface area contributed by atoms with E-state index in [0.717, 1.165) is 44.8 Å². The van der Waals surface area contributed by atoms with Gasteiger partial charge in [0.25, 0.3) is 0 Å². The van der Waals surface area contributed by atoms with Crippen LogP contribution in [-0.4, -0.2) is 48.2 Å². The second-order valence-electron chi connectivity index (χ2n) is 7.47. The minimum absolute atomic E-state index is 0.00735. The fourth-order valence-electron chi connectivity index (χ4n) is 4.18. The van der Waals surface area contributed by atoms with Crippen LogP contribution in [0.5, 0.6) is 5.75 Å². The summed E-state index contributed by atoms with van der Waals surface area (Å²) in [5.41, 5.74) is 2.43. The molecule has 148 valence electrons. The number of amides is 1. The van der Waals surface area contributed by atoms with E-state index in [1.54, 1.807) is 0 Å². The maximum atomic E-state index is 12.0. The molecule has 1 atom stereocenters. The lowest BCUT2D eigenvalue weighted by molar-refractivity contribution is 0.0592. The summed E-state index contributed by atoms with van der Waals surface area (Å²) in [5.74, 6) is 0.975. The number of rotatable bonds is 3. The third-order valence-electron chi connectivity index (χ3n) is 5.69. The maximum absolute atomic E-state index is 12.0. The van der Waals surface area contributed by atoms with Gasteiger partial charge >= 0.3 is 6.09 Å². The standard InChI is InChI=1S/C23H28N2O3/c1-2-27-23(26)24-14-12-20(13-15-24)25-16-19-10-6-7-11-21(19)28-22(17-25)18-8-4-3-5-9-18/h3-11,20,22H,2,12-17H2,1H3. The van der Waals surface area contributed by atoms with Gasteiger partial charge in [0.2, 0.25) is 0 Å². The average molecular weight is 380 g/mol. The Balaban J connectivity index is 1.51. The molecule has 1 unspecified atom stereocenters. The van der Waals surface area contributed by atoms with Gasteiger partial charge in [-0.1, -0.05) is 48.5 Å². The molecule has 2 aliphatic heterocycles. The molecule has 0 spiro atoms. The van der Waals surface area contributed by atoms with Crippen molar-refractivity contribution < 1.29 is 14.3 Å². The summed E-state index contributed by atoms with van der Waals surface area (Å²) in [6, 6.07) is 19.2. The van der Waals surface area contributed by atoms with Gasteiger partial charge in [0.15, 0.2) is 0 Å². The number of likely N-dealkylation sites (tertiary alicyclic amines) is 1. The van der Waals surface area contributed by atoms with Crippen molar-refractivity contribution >= 4 is 6.09 Å². The number of carbonyl (C=O) groups is 1. The van der Waals surface area contributed by atoms with Crippen LogP contribution < -0.4 is 4.74 Å². The van der Waals surface area contributed by atoms with E-state index in [1.807, 2.05) is 24.0 Å². The highest BCUT2D eigenvalue weighted by molar-refractivity contribution is 5.67. The van der Waals surface area contributed by atoms with Crippen molar-refractivity contribution in [3.63, 3.8) is 0 Å². The van der Waals surface area contributed by atoms with Gasteiger partial charge in [-0.3, -0.25) is 4.90 Å². The summed E-state index contributed by atoms with van der Waals surface area (Å²) in [6.45, 7) is 5.50. The molecular weight excluding hydrogens is 352 g/mol. The van der Waals surface area contributed by atoms with Crippen molar-refractivity contribution in [1.29, 1.82) is 0 Å². The van der Waals surface area contributed by atoms with Crippen LogP contribution in [0.2, 0.25) is 0 Å². The van der Waals surface area contributed by atoms with Crippen molar-refractivity contribution in [2.24, 2.45) is 0 Å². The van der Waals surface area contributed by atoms with E-state index in [-0.39, 0.29) is 12.2 Å². The predicted octanol–water partition coefficient (Wildman–Crippen LogP) is 4.24. The number of nitrogens with zero attached hydrogens (tertiary/aromatic N) is 2. The third kappa shape index (κ3) is 4.14. The Morgan fingerprint density at radius 3 is 2.54 bits per heavy atom. The number of fused-ring (bicyclic) bond motifs is 1. The highest BCUT2D eigenvalue weighted by Crippen LogP contribution is 2.33. The molecule has 4 rings (SSSR count).